The number of benzene rings is 1. The van der Waals surface area contributed by atoms with Gasteiger partial charge in [-0.05, 0) is 37.8 Å². The molecule has 1 aromatic carbocycles. The lowest BCUT2D eigenvalue weighted by molar-refractivity contribution is -0.145. The van der Waals surface area contributed by atoms with Crippen LogP contribution < -0.4 is 10.6 Å². The minimum Gasteiger partial charge on any atom is -0.463 e. The third kappa shape index (κ3) is 11.9. The highest BCUT2D eigenvalue weighted by Gasteiger charge is 2.45. The summed E-state index contributed by atoms with van der Waals surface area (Å²) in [5.41, 5.74) is 0.385. The zero-order valence-electron chi connectivity index (χ0n) is 26.8. The van der Waals surface area contributed by atoms with Gasteiger partial charge in [-0.15, -0.1) is 0 Å². The summed E-state index contributed by atoms with van der Waals surface area (Å²) in [6, 6.07) is 3.53. The van der Waals surface area contributed by atoms with Gasteiger partial charge in [0.25, 0.3) is 11.8 Å². The Bertz CT molecular complexity index is 1200. The third-order valence-corrected chi connectivity index (χ3v) is 7.65. The Morgan fingerprint density at radius 2 is 1.46 bits per heavy atom. The quantitative estimate of drug-likeness (QED) is 0.102. The Labute approximate surface area is 270 Å². The van der Waals surface area contributed by atoms with Crippen molar-refractivity contribution >= 4 is 41.2 Å². The molecule has 1 aromatic rings. The standard InChI is InChI=1S/C33H47N3O10/c1-2-3-4-5-8-14-29(39)46-23-22-45-21-20-44-19-18-43-17-9-6-7-13-27(37)34-25-12-10-11-24-30(25)33(42)36(32(24)41)26-15-16-28(38)35-31(26)40/h10-12,26H,2-9,13-23H2,1H3,(H,34,37)(H,35,38,40). The minimum absolute atomic E-state index is 0.0309. The number of anilines is 1. The molecule has 0 aromatic heterocycles. The molecule has 2 aliphatic rings. The molecule has 2 aliphatic heterocycles. The fourth-order valence-corrected chi connectivity index (χ4v) is 5.20. The monoisotopic (exact) mass is 645 g/mol. The van der Waals surface area contributed by atoms with E-state index in [-0.39, 0.29) is 54.6 Å². The van der Waals surface area contributed by atoms with Gasteiger partial charge in [0.05, 0.1) is 49.8 Å². The molecule has 13 heteroatoms. The van der Waals surface area contributed by atoms with E-state index in [0.717, 1.165) is 37.0 Å². The zero-order valence-corrected chi connectivity index (χ0v) is 26.8. The lowest BCUT2D eigenvalue weighted by Gasteiger charge is -2.27. The molecule has 2 heterocycles. The zero-order chi connectivity index (χ0) is 33.1. The summed E-state index contributed by atoms with van der Waals surface area (Å²) < 4.78 is 21.6. The molecule has 1 atom stereocenters. The largest absolute Gasteiger partial charge is 0.463 e. The SMILES string of the molecule is CCCCCCCC(=O)OCCOCCOCCOCCCCCC(=O)Nc1cccc2c1C(=O)N(C1CCC(=O)NC1=O)C2=O. The van der Waals surface area contributed by atoms with Crippen LogP contribution in [0.2, 0.25) is 0 Å². The molecule has 5 amide bonds. The molecule has 1 saturated heterocycles. The van der Waals surface area contributed by atoms with Crippen LogP contribution in [0, 0.1) is 0 Å². The number of hydrogen-bond donors (Lipinski definition) is 2. The molecule has 13 nitrogen and oxygen atoms in total. The molecule has 1 fully saturated rings. The number of esters is 1. The number of carbonyl (C=O) groups excluding carboxylic acids is 6. The number of amides is 5. The van der Waals surface area contributed by atoms with Crippen molar-refractivity contribution in [3.05, 3.63) is 29.3 Å². The normalized spacial score (nSPS) is 16.0. The number of ether oxygens (including phenoxy) is 4. The second-order valence-electron chi connectivity index (χ2n) is 11.3. The molecular formula is C33H47N3O10. The number of rotatable bonds is 23. The van der Waals surface area contributed by atoms with Crippen molar-refractivity contribution in [2.24, 2.45) is 0 Å². The van der Waals surface area contributed by atoms with Crippen LogP contribution in [-0.4, -0.2) is 92.7 Å². The fraction of sp³-hybridized carbons (Fsp3) is 0.636. The molecular weight excluding hydrogens is 598 g/mol. The second-order valence-corrected chi connectivity index (χ2v) is 11.3. The van der Waals surface area contributed by atoms with Gasteiger partial charge in [-0.3, -0.25) is 39.0 Å². The van der Waals surface area contributed by atoms with E-state index in [4.69, 9.17) is 18.9 Å². The van der Waals surface area contributed by atoms with Crippen LogP contribution in [0.3, 0.4) is 0 Å². The Kier molecular flexibility index (Phi) is 16.3. The molecule has 46 heavy (non-hydrogen) atoms. The van der Waals surface area contributed by atoms with Gasteiger partial charge in [-0.25, -0.2) is 0 Å². The van der Waals surface area contributed by atoms with Crippen LogP contribution in [0.25, 0.3) is 0 Å². The molecule has 0 saturated carbocycles. The summed E-state index contributed by atoms with van der Waals surface area (Å²) in [6.07, 6.45) is 8.39. The number of carbonyl (C=O) groups is 6. The van der Waals surface area contributed by atoms with E-state index in [2.05, 4.69) is 17.6 Å². The maximum absolute atomic E-state index is 13.1. The number of nitrogens with one attached hydrogen (secondary N) is 2. The maximum Gasteiger partial charge on any atom is 0.305 e. The lowest BCUT2D eigenvalue weighted by atomic mass is 10.0. The van der Waals surface area contributed by atoms with E-state index in [1.54, 1.807) is 12.1 Å². The van der Waals surface area contributed by atoms with Crippen molar-refractivity contribution in [3.63, 3.8) is 0 Å². The first kappa shape index (κ1) is 36.8. The van der Waals surface area contributed by atoms with Crippen molar-refractivity contribution in [1.29, 1.82) is 0 Å². The lowest BCUT2D eigenvalue weighted by Crippen LogP contribution is -2.54. The number of fused-ring (bicyclic) bond motifs is 1. The Hall–Kier alpha value is -3.68. The fourth-order valence-electron chi connectivity index (χ4n) is 5.20. The first-order valence-corrected chi connectivity index (χ1v) is 16.4. The van der Waals surface area contributed by atoms with Gasteiger partial charge in [0, 0.05) is 25.9 Å². The summed E-state index contributed by atoms with van der Waals surface area (Å²) >= 11 is 0. The summed E-state index contributed by atoms with van der Waals surface area (Å²) in [5.74, 6) is -2.89. The summed E-state index contributed by atoms with van der Waals surface area (Å²) in [7, 11) is 0. The van der Waals surface area contributed by atoms with Gasteiger partial charge in [0.2, 0.25) is 17.7 Å². The third-order valence-electron chi connectivity index (χ3n) is 7.65. The number of unbranched alkanes of at least 4 members (excludes halogenated alkanes) is 6. The Balaban J connectivity index is 1.18. The van der Waals surface area contributed by atoms with E-state index in [0.29, 0.717) is 52.5 Å². The Morgan fingerprint density at radius 1 is 0.804 bits per heavy atom. The van der Waals surface area contributed by atoms with E-state index < -0.39 is 29.7 Å². The molecule has 0 bridgehead atoms. The van der Waals surface area contributed by atoms with Crippen LogP contribution in [0.5, 0.6) is 0 Å². The molecule has 0 aliphatic carbocycles. The summed E-state index contributed by atoms with van der Waals surface area (Å²) in [4.78, 5) is 75.0. The highest BCUT2D eigenvalue weighted by atomic mass is 16.6. The van der Waals surface area contributed by atoms with Crippen LogP contribution in [-0.2, 0) is 38.1 Å². The van der Waals surface area contributed by atoms with Gasteiger partial charge in [0.15, 0.2) is 0 Å². The van der Waals surface area contributed by atoms with Crippen molar-refractivity contribution in [2.75, 3.05) is 51.6 Å². The van der Waals surface area contributed by atoms with Crippen molar-refractivity contribution in [2.45, 2.75) is 90.0 Å². The Morgan fingerprint density at radius 3 is 2.17 bits per heavy atom. The molecule has 254 valence electrons. The number of hydrogen-bond acceptors (Lipinski definition) is 10. The maximum atomic E-state index is 13.1. The van der Waals surface area contributed by atoms with Gasteiger partial charge in [-0.2, -0.15) is 0 Å². The summed E-state index contributed by atoms with van der Waals surface area (Å²) in [5, 5.41) is 4.89. The number of nitrogens with zero attached hydrogens (tertiary/aromatic N) is 1. The minimum atomic E-state index is -1.07. The van der Waals surface area contributed by atoms with E-state index in [1.165, 1.54) is 18.9 Å². The average molecular weight is 646 g/mol. The predicted molar refractivity (Wildman–Crippen MR) is 167 cm³/mol. The molecule has 0 radical (unpaired) electrons. The van der Waals surface area contributed by atoms with E-state index in [1.807, 2.05) is 0 Å². The molecule has 0 spiro atoms. The van der Waals surface area contributed by atoms with Crippen LogP contribution in [0.15, 0.2) is 18.2 Å². The van der Waals surface area contributed by atoms with Gasteiger partial charge in [-0.1, -0.05) is 45.1 Å². The highest BCUT2D eigenvalue weighted by molar-refractivity contribution is 6.26. The number of imide groups is 2. The first-order valence-electron chi connectivity index (χ1n) is 16.4. The van der Waals surface area contributed by atoms with Crippen LogP contribution in [0.1, 0.15) is 105 Å². The van der Waals surface area contributed by atoms with Crippen molar-refractivity contribution in [3.8, 4) is 0 Å². The smallest absolute Gasteiger partial charge is 0.305 e. The molecule has 3 rings (SSSR count). The van der Waals surface area contributed by atoms with Crippen LogP contribution in [0.4, 0.5) is 5.69 Å². The van der Waals surface area contributed by atoms with Gasteiger partial charge >= 0.3 is 5.97 Å². The predicted octanol–water partition coefficient (Wildman–Crippen LogP) is 3.54. The highest BCUT2D eigenvalue weighted by Crippen LogP contribution is 2.32. The van der Waals surface area contributed by atoms with Crippen LogP contribution >= 0.6 is 0 Å². The van der Waals surface area contributed by atoms with Gasteiger partial charge in [0.1, 0.15) is 12.6 Å². The van der Waals surface area contributed by atoms with Crippen molar-refractivity contribution < 1.29 is 47.7 Å². The summed E-state index contributed by atoms with van der Waals surface area (Å²) in [6.45, 7) is 4.98. The number of piperidine rings is 1. The van der Waals surface area contributed by atoms with E-state index >= 15 is 0 Å². The van der Waals surface area contributed by atoms with Gasteiger partial charge < -0.3 is 24.3 Å². The van der Waals surface area contributed by atoms with Crippen molar-refractivity contribution in [1.82, 2.24) is 10.2 Å². The molecule has 2 N–H and O–H groups in total. The topological polar surface area (TPSA) is 167 Å². The molecule has 1 unspecified atom stereocenters. The average Bonchev–Trinajstić information content (AvgIpc) is 3.28. The first-order chi connectivity index (χ1) is 22.3. The van der Waals surface area contributed by atoms with E-state index in [9.17, 15) is 28.8 Å². The second kappa shape index (κ2) is 20.4.